The lowest BCUT2D eigenvalue weighted by Crippen LogP contribution is -2.30. The standard InChI is InChI=1S/C18H21NO2/c20-11-4-3-7-14-6-1-2-10-17(14)18(21)19-12-15-8-5-9-16(15)13-19/h1-2,6,10,15-16,20H,4-5,8-9,11-13H2. The minimum Gasteiger partial charge on any atom is -0.395 e. The Morgan fingerprint density at radius 2 is 1.95 bits per heavy atom. The van der Waals surface area contributed by atoms with Gasteiger partial charge in [0.25, 0.3) is 5.91 Å². The molecule has 3 nitrogen and oxygen atoms in total. The topological polar surface area (TPSA) is 40.5 Å². The Morgan fingerprint density at radius 3 is 2.67 bits per heavy atom. The van der Waals surface area contributed by atoms with Crippen LogP contribution in [0.25, 0.3) is 0 Å². The van der Waals surface area contributed by atoms with Crippen LogP contribution in [-0.2, 0) is 0 Å². The zero-order valence-electron chi connectivity index (χ0n) is 12.2. The Morgan fingerprint density at radius 1 is 1.24 bits per heavy atom. The zero-order chi connectivity index (χ0) is 14.7. The molecule has 1 heterocycles. The molecule has 1 saturated heterocycles. The Kier molecular flexibility index (Phi) is 4.26. The molecular formula is C18H21NO2. The van der Waals surface area contributed by atoms with Crippen LogP contribution >= 0.6 is 0 Å². The van der Waals surface area contributed by atoms with Gasteiger partial charge in [0.05, 0.1) is 12.2 Å². The van der Waals surface area contributed by atoms with E-state index >= 15 is 0 Å². The van der Waals surface area contributed by atoms with Crippen molar-refractivity contribution in [2.24, 2.45) is 11.8 Å². The normalized spacial score (nSPS) is 23.6. The van der Waals surface area contributed by atoms with Crippen molar-refractivity contribution in [3.8, 4) is 11.8 Å². The van der Waals surface area contributed by atoms with Gasteiger partial charge in [0.1, 0.15) is 0 Å². The second-order valence-corrected chi connectivity index (χ2v) is 5.98. The molecule has 2 fully saturated rings. The molecule has 1 aliphatic heterocycles. The van der Waals surface area contributed by atoms with Crippen LogP contribution in [-0.4, -0.2) is 35.6 Å². The number of rotatable bonds is 2. The first kappa shape index (κ1) is 14.2. The van der Waals surface area contributed by atoms with E-state index in [1.807, 2.05) is 29.2 Å². The molecule has 1 amide bonds. The molecule has 2 atom stereocenters. The minimum atomic E-state index is 0.0542. The number of carbonyl (C=O) groups excluding carboxylic acids is 1. The van der Waals surface area contributed by atoms with Crippen molar-refractivity contribution in [3.63, 3.8) is 0 Å². The maximum Gasteiger partial charge on any atom is 0.255 e. The minimum absolute atomic E-state index is 0.0542. The molecule has 3 rings (SSSR count). The molecule has 1 aromatic rings. The molecule has 21 heavy (non-hydrogen) atoms. The van der Waals surface area contributed by atoms with Gasteiger partial charge < -0.3 is 10.0 Å². The van der Waals surface area contributed by atoms with E-state index in [2.05, 4.69) is 11.8 Å². The summed E-state index contributed by atoms with van der Waals surface area (Å²) in [5.41, 5.74) is 1.47. The van der Waals surface area contributed by atoms with Gasteiger partial charge in [-0.05, 0) is 36.8 Å². The predicted molar refractivity (Wildman–Crippen MR) is 81.8 cm³/mol. The summed E-state index contributed by atoms with van der Waals surface area (Å²) in [6.07, 6.45) is 4.30. The van der Waals surface area contributed by atoms with Crippen molar-refractivity contribution in [3.05, 3.63) is 35.4 Å². The lowest BCUT2D eigenvalue weighted by atomic mass is 10.0. The van der Waals surface area contributed by atoms with Crippen LogP contribution in [0, 0.1) is 23.7 Å². The van der Waals surface area contributed by atoms with E-state index in [1.165, 1.54) is 19.3 Å². The number of fused-ring (bicyclic) bond motifs is 1. The highest BCUT2D eigenvalue weighted by molar-refractivity contribution is 5.97. The smallest absolute Gasteiger partial charge is 0.255 e. The summed E-state index contributed by atoms with van der Waals surface area (Å²) in [4.78, 5) is 14.7. The number of likely N-dealkylation sites (tertiary alicyclic amines) is 1. The van der Waals surface area contributed by atoms with E-state index in [9.17, 15) is 4.79 Å². The number of hydrogen-bond donors (Lipinski definition) is 1. The average molecular weight is 283 g/mol. The molecule has 0 aromatic heterocycles. The quantitative estimate of drug-likeness (QED) is 0.846. The fourth-order valence-electron chi connectivity index (χ4n) is 3.56. The number of benzene rings is 1. The highest BCUT2D eigenvalue weighted by Crippen LogP contribution is 2.38. The molecule has 2 aliphatic rings. The molecule has 0 radical (unpaired) electrons. The van der Waals surface area contributed by atoms with Gasteiger partial charge in [-0.25, -0.2) is 0 Å². The van der Waals surface area contributed by atoms with E-state index in [0.717, 1.165) is 18.7 Å². The van der Waals surface area contributed by atoms with Crippen LogP contribution in [0.1, 0.15) is 41.6 Å². The first-order valence-electron chi connectivity index (χ1n) is 7.77. The van der Waals surface area contributed by atoms with Gasteiger partial charge in [0.2, 0.25) is 0 Å². The van der Waals surface area contributed by atoms with Gasteiger partial charge in [-0.1, -0.05) is 30.4 Å². The van der Waals surface area contributed by atoms with Crippen molar-refractivity contribution in [1.29, 1.82) is 0 Å². The Balaban J connectivity index is 1.77. The van der Waals surface area contributed by atoms with Crippen LogP contribution in [0.5, 0.6) is 0 Å². The monoisotopic (exact) mass is 283 g/mol. The third kappa shape index (κ3) is 2.96. The van der Waals surface area contributed by atoms with Gasteiger partial charge in [0, 0.05) is 25.1 Å². The number of carbonyl (C=O) groups is 1. The van der Waals surface area contributed by atoms with Gasteiger partial charge >= 0.3 is 0 Å². The Labute approximate surface area is 126 Å². The molecule has 3 heteroatoms. The van der Waals surface area contributed by atoms with Gasteiger partial charge in [-0.3, -0.25) is 4.79 Å². The van der Waals surface area contributed by atoms with Crippen LogP contribution in [0.4, 0.5) is 0 Å². The van der Waals surface area contributed by atoms with Gasteiger partial charge in [-0.15, -0.1) is 0 Å². The molecule has 1 aliphatic carbocycles. The number of aliphatic hydroxyl groups excluding tert-OH is 1. The van der Waals surface area contributed by atoms with Crippen molar-refractivity contribution in [2.75, 3.05) is 19.7 Å². The van der Waals surface area contributed by atoms with E-state index in [-0.39, 0.29) is 12.5 Å². The Bertz CT molecular complexity index is 572. The number of amides is 1. The third-order valence-corrected chi connectivity index (χ3v) is 4.63. The molecule has 2 unspecified atom stereocenters. The Hall–Kier alpha value is -1.79. The fourth-order valence-corrected chi connectivity index (χ4v) is 3.56. The summed E-state index contributed by atoms with van der Waals surface area (Å²) in [5.74, 6) is 7.45. The maximum atomic E-state index is 12.7. The summed E-state index contributed by atoms with van der Waals surface area (Å²) < 4.78 is 0. The lowest BCUT2D eigenvalue weighted by molar-refractivity contribution is 0.0780. The summed E-state index contributed by atoms with van der Waals surface area (Å²) in [6.45, 7) is 1.86. The van der Waals surface area contributed by atoms with E-state index < -0.39 is 0 Å². The van der Waals surface area contributed by atoms with Crippen molar-refractivity contribution < 1.29 is 9.90 Å². The summed E-state index contributed by atoms with van der Waals surface area (Å²) >= 11 is 0. The molecular weight excluding hydrogens is 262 g/mol. The summed E-state index contributed by atoms with van der Waals surface area (Å²) in [7, 11) is 0. The zero-order valence-corrected chi connectivity index (χ0v) is 12.2. The summed E-state index contributed by atoms with van der Waals surface area (Å²) in [6, 6.07) is 7.54. The van der Waals surface area contributed by atoms with Crippen LogP contribution < -0.4 is 0 Å². The van der Waals surface area contributed by atoms with E-state index in [4.69, 9.17) is 5.11 Å². The highest BCUT2D eigenvalue weighted by Gasteiger charge is 2.38. The van der Waals surface area contributed by atoms with Crippen LogP contribution in [0.15, 0.2) is 24.3 Å². The van der Waals surface area contributed by atoms with Crippen molar-refractivity contribution in [2.45, 2.75) is 25.7 Å². The van der Waals surface area contributed by atoms with Gasteiger partial charge in [0.15, 0.2) is 0 Å². The maximum absolute atomic E-state index is 12.7. The molecule has 1 N–H and O–H groups in total. The highest BCUT2D eigenvalue weighted by atomic mass is 16.2. The van der Waals surface area contributed by atoms with Gasteiger partial charge in [-0.2, -0.15) is 0 Å². The number of nitrogens with zero attached hydrogens (tertiary/aromatic N) is 1. The summed E-state index contributed by atoms with van der Waals surface area (Å²) in [5, 5.41) is 8.81. The first-order valence-corrected chi connectivity index (χ1v) is 7.77. The molecule has 0 bridgehead atoms. The lowest BCUT2D eigenvalue weighted by Gasteiger charge is -2.18. The predicted octanol–water partition coefficient (Wildman–Crippen LogP) is 2.29. The SMILES string of the molecule is O=C(c1ccccc1C#CCCO)N1CC2CCCC2C1. The molecule has 1 saturated carbocycles. The van der Waals surface area contributed by atoms with Crippen LogP contribution in [0.3, 0.4) is 0 Å². The largest absolute Gasteiger partial charge is 0.395 e. The fraction of sp³-hybridized carbons (Fsp3) is 0.500. The molecule has 110 valence electrons. The second-order valence-electron chi connectivity index (χ2n) is 5.98. The first-order chi connectivity index (χ1) is 10.3. The van der Waals surface area contributed by atoms with Crippen LogP contribution in [0.2, 0.25) is 0 Å². The van der Waals surface area contributed by atoms with Crippen molar-refractivity contribution in [1.82, 2.24) is 4.90 Å². The van der Waals surface area contributed by atoms with E-state index in [1.54, 1.807) is 0 Å². The van der Waals surface area contributed by atoms with E-state index in [0.29, 0.717) is 23.8 Å². The molecule has 0 spiro atoms. The van der Waals surface area contributed by atoms with Crippen molar-refractivity contribution >= 4 is 5.91 Å². The average Bonchev–Trinajstić information content (AvgIpc) is 3.08. The number of hydrogen-bond acceptors (Lipinski definition) is 2. The second kappa shape index (κ2) is 6.32. The molecule has 1 aromatic carbocycles. The number of aliphatic hydroxyl groups is 1. The third-order valence-electron chi connectivity index (χ3n) is 4.63.